The van der Waals surface area contributed by atoms with E-state index < -0.39 is 0 Å². The highest BCUT2D eigenvalue weighted by atomic mass is 35.5. The molecular formula is C14H15Cl2FN4. The van der Waals surface area contributed by atoms with Gasteiger partial charge in [0.1, 0.15) is 11.6 Å². The summed E-state index contributed by atoms with van der Waals surface area (Å²) >= 11 is 12.0. The van der Waals surface area contributed by atoms with Crippen LogP contribution in [0.3, 0.4) is 0 Å². The second-order valence-electron chi connectivity index (χ2n) is 4.54. The number of pyridine rings is 1. The zero-order chi connectivity index (χ0) is 15.4. The molecule has 4 nitrogen and oxygen atoms in total. The Balaban J connectivity index is 2.03. The third-order valence-electron chi connectivity index (χ3n) is 3.06. The van der Waals surface area contributed by atoms with E-state index in [1.54, 1.807) is 12.1 Å². The molecule has 7 heteroatoms. The molecule has 0 aliphatic heterocycles. The molecule has 2 rings (SSSR count). The largest absolute Gasteiger partial charge is 0.368 e. The monoisotopic (exact) mass is 328 g/mol. The van der Waals surface area contributed by atoms with Gasteiger partial charge < -0.3 is 10.7 Å². The number of hydrogen-bond donors (Lipinski definition) is 3. The smallest absolute Gasteiger partial charge is 0.161 e. The first-order chi connectivity index (χ1) is 10.0. The highest BCUT2D eigenvalue weighted by molar-refractivity contribution is 6.37. The summed E-state index contributed by atoms with van der Waals surface area (Å²) < 4.78 is 13.0. The summed E-state index contributed by atoms with van der Waals surface area (Å²) in [5, 5.41) is 3.88. The lowest BCUT2D eigenvalue weighted by atomic mass is 10.1. The third-order valence-corrected chi connectivity index (χ3v) is 3.63. The van der Waals surface area contributed by atoms with E-state index in [9.17, 15) is 4.39 Å². The molecule has 1 aromatic heterocycles. The molecule has 112 valence electrons. The number of hydrogen-bond acceptors (Lipinski definition) is 4. The predicted octanol–water partition coefficient (Wildman–Crippen LogP) is 3.78. The fourth-order valence-corrected chi connectivity index (χ4v) is 2.43. The number of anilines is 2. The van der Waals surface area contributed by atoms with E-state index in [-0.39, 0.29) is 5.82 Å². The van der Waals surface area contributed by atoms with E-state index in [0.717, 1.165) is 17.5 Å². The van der Waals surface area contributed by atoms with E-state index >= 15 is 0 Å². The molecule has 1 heterocycles. The molecular weight excluding hydrogens is 314 g/mol. The number of aryl methyl sites for hydroxylation is 1. The van der Waals surface area contributed by atoms with E-state index in [0.29, 0.717) is 28.2 Å². The van der Waals surface area contributed by atoms with Crippen LogP contribution in [-0.2, 0) is 6.42 Å². The van der Waals surface area contributed by atoms with Gasteiger partial charge in [-0.25, -0.2) is 15.2 Å². The number of halogens is 3. The summed E-state index contributed by atoms with van der Waals surface area (Å²) in [5.74, 6) is 5.93. The molecule has 2 aromatic rings. The maximum Gasteiger partial charge on any atom is 0.161 e. The lowest BCUT2D eigenvalue weighted by Crippen LogP contribution is -2.12. The second-order valence-corrected chi connectivity index (χ2v) is 5.36. The number of benzene rings is 1. The van der Waals surface area contributed by atoms with E-state index in [2.05, 4.69) is 15.7 Å². The van der Waals surface area contributed by atoms with Crippen LogP contribution in [0.25, 0.3) is 0 Å². The van der Waals surface area contributed by atoms with Gasteiger partial charge in [-0.3, -0.25) is 0 Å². The molecule has 0 radical (unpaired) electrons. The van der Waals surface area contributed by atoms with Gasteiger partial charge in [0.15, 0.2) is 5.82 Å². The molecule has 4 N–H and O–H groups in total. The van der Waals surface area contributed by atoms with Gasteiger partial charge in [0.25, 0.3) is 0 Å². The summed E-state index contributed by atoms with van der Waals surface area (Å²) in [6.45, 7) is 2.48. The van der Waals surface area contributed by atoms with Crippen molar-refractivity contribution in [3.63, 3.8) is 0 Å². The molecule has 0 aliphatic carbocycles. The van der Waals surface area contributed by atoms with Gasteiger partial charge in [-0.1, -0.05) is 29.3 Å². The highest BCUT2D eigenvalue weighted by Crippen LogP contribution is 2.28. The average molecular weight is 329 g/mol. The summed E-state index contributed by atoms with van der Waals surface area (Å²) in [4.78, 5) is 4.19. The summed E-state index contributed by atoms with van der Waals surface area (Å²) in [5.41, 5.74) is 4.38. The summed E-state index contributed by atoms with van der Waals surface area (Å²) in [6.07, 6.45) is 0.720. The number of nitrogens with two attached hydrogens (primary N) is 1. The van der Waals surface area contributed by atoms with Crippen LogP contribution >= 0.6 is 23.2 Å². The van der Waals surface area contributed by atoms with E-state index in [1.165, 1.54) is 12.1 Å². The number of rotatable bonds is 5. The first-order valence-electron chi connectivity index (χ1n) is 6.33. The molecule has 0 saturated heterocycles. The number of hydrazine groups is 1. The Morgan fingerprint density at radius 1 is 1.19 bits per heavy atom. The quantitative estimate of drug-likeness (QED) is 0.577. The van der Waals surface area contributed by atoms with Crippen LogP contribution in [0.2, 0.25) is 10.0 Å². The van der Waals surface area contributed by atoms with Gasteiger partial charge in [0, 0.05) is 6.54 Å². The van der Waals surface area contributed by atoms with Crippen molar-refractivity contribution in [1.29, 1.82) is 0 Å². The molecule has 0 unspecified atom stereocenters. The van der Waals surface area contributed by atoms with Crippen LogP contribution < -0.4 is 16.6 Å². The van der Waals surface area contributed by atoms with E-state index in [4.69, 9.17) is 29.0 Å². The molecule has 0 atom stereocenters. The summed E-state index contributed by atoms with van der Waals surface area (Å²) in [6, 6.07) is 6.30. The van der Waals surface area contributed by atoms with Crippen molar-refractivity contribution in [1.82, 2.24) is 4.98 Å². The van der Waals surface area contributed by atoms with Crippen LogP contribution in [0.4, 0.5) is 16.0 Å². The zero-order valence-electron chi connectivity index (χ0n) is 11.4. The number of nitrogen functional groups attached to an aromatic ring is 1. The fourth-order valence-electron chi connectivity index (χ4n) is 1.95. The highest BCUT2D eigenvalue weighted by Gasteiger charge is 2.08. The Bertz CT molecular complexity index is 649. The number of nitrogens with zero attached hydrogens (tertiary/aromatic N) is 1. The molecule has 21 heavy (non-hydrogen) atoms. The Labute approximate surface area is 132 Å². The first kappa shape index (κ1) is 15.8. The lowest BCUT2D eigenvalue weighted by molar-refractivity contribution is 0.625. The van der Waals surface area contributed by atoms with Gasteiger partial charge in [-0.15, -0.1) is 0 Å². The molecule has 0 bridgehead atoms. The molecule has 0 fully saturated rings. The van der Waals surface area contributed by atoms with Crippen LogP contribution in [0.1, 0.15) is 11.1 Å². The second kappa shape index (κ2) is 6.93. The minimum Gasteiger partial charge on any atom is -0.368 e. The van der Waals surface area contributed by atoms with Crippen LogP contribution in [0, 0.1) is 12.7 Å². The SMILES string of the molecule is Cc1cc(F)ccc1CCNc1nc(NN)c(Cl)cc1Cl. The molecule has 0 saturated carbocycles. The molecule has 0 aliphatic rings. The minimum absolute atomic E-state index is 0.231. The molecule has 1 aromatic carbocycles. The lowest BCUT2D eigenvalue weighted by Gasteiger charge is -2.11. The Morgan fingerprint density at radius 3 is 2.57 bits per heavy atom. The fraction of sp³-hybridized carbons (Fsp3) is 0.214. The maximum atomic E-state index is 13.0. The van der Waals surface area contributed by atoms with E-state index in [1.807, 2.05) is 6.92 Å². The Morgan fingerprint density at radius 2 is 1.90 bits per heavy atom. The van der Waals surface area contributed by atoms with Crippen LogP contribution in [0.5, 0.6) is 0 Å². The van der Waals surface area contributed by atoms with Gasteiger partial charge in [0.05, 0.1) is 10.0 Å². The van der Waals surface area contributed by atoms with Gasteiger partial charge >= 0.3 is 0 Å². The molecule has 0 spiro atoms. The van der Waals surface area contributed by atoms with Crippen molar-refractivity contribution in [2.24, 2.45) is 5.84 Å². The number of aromatic nitrogens is 1. The van der Waals surface area contributed by atoms with Crippen molar-refractivity contribution in [3.05, 3.63) is 51.3 Å². The standard InChI is InChI=1S/C14H15Cl2FN4/c1-8-6-10(17)3-2-9(8)4-5-19-13-11(15)7-12(16)14(20-13)21-18/h2-3,6-7H,4-5,18H2,1H3,(H2,19,20,21). The Kier molecular flexibility index (Phi) is 5.22. The molecule has 0 amide bonds. The van der Waals surface area contributed by atoms with Crippen molar-refractivity contribution in [2.45, 2.75) is 13.3 Å². The van der Waals surface area contributed by atoms with Gasteiger partial charge in [-0.05, 0) is 42.7 Å². The average Bonchev–Trinajstić information content (AvgIpc) is 2.43. The van der Waals surface area contributed by atoms with Crippen LogP contribution in [-0.4, -0.2) is 11.5 Å². The number of nitrogens with one attached hydrogen (secondary N) is 2. The zero-order valence-corrected chi connectivity index (χ0v) is 12.9. The maximum absolute atomic E-state index is 13.0. The third kappa shape index (κ3) is 3.97. The van der Waals surface area contributed by atoms with Crippen molar-refractivity contribution in [3.8, 4) is 0 Å². The Hall–Kier alpha value is -1.56. The van der Waals surface area contributed by atoms with Gasteiger partial charge in [-0.2, -0.15) is 0 Å². The van der Waals surface area contributed by atoms with Gasteiger partial charge in [0.2, 0.25) is 0 Å². The normalized spacial score (nSPS) is 10.5. The van der Waals surface area contributed by atoms with Crippen molar-refractivity contribution < 1.29 is 4.39 Å². The van der Waals surface area contributed by atoms with Crippen LogP contribution in [0.15, 0.2) is 24.3 Å². The minimum atomic E-state index is -0.231. The topological polar surface area (TPSA) is 63.0 Å². The predicted molar refractivity (Wildman–Crippen MR) is 85.4 cm³/mol. The van der Waals surface area contributed by atoms with Crippen molar-refractivity contribution in [2.75, 3.05) is 17.3 Å². The van der Waals surface area contributed by atoms with Crippen molar-refractivity contribution >= 4 is 34.8 Å². The summed E-state index contributed by atoms with van der Waals surface area (Å²) in [7, 11) is 0. The first-order valence-corrected chi connectivity index (χ1v) is 7.08.